The van der Waals surface area contributed by atoms with Crippen LogP contribution >= 0.6 is 0 Å². The van der Waals surface area contributed by atoms with E-state index in [9.17, 15) is 19.7 Å². The Morgan fingerprint density at radius 3 is 2.57 bits per heavy atom. The topological polar surface area (TPSA) is 110 Å². The molecule has 0 aliphatic heterocycles. The molecule has 0 fully saturated rings. The summed E-state index contributed by atoms with van der Waals surface area (Å²) in [4.78, 5) is 32.8. The monoisotopic (exact) mass is 294 g/mol. The maximum absolute atomic E-state index is 11.8. The van der Waals surface area contributed by atoms with E-state index in [0.29, 0.717) is 17.7 Å². The number of nitro benzene ring substituents is 1. The normalized spacial score (nSPS) is 11.7. The zero-order valence-electron chi connectivity index (χ0n) is 12.0. The van der Waals surface area contributed by atoms with Gasteiger partial charge in [0.25, 0.3) is 5.69 Å². The molecule has 1 unspecified atom stereocenters. The van der Waals surface area contributed by atoms with Gasteiger partial charge in [-0.15, -0.1) is 0 Å². The first-order valence-corrected chi connectivity index (χ1v) is 6.62. The number of aryl methyl sites for hydroxylation is 1. The smallest absolute Gasteiger partial charge is 0.303 e. The number of aliphatic carboxylic acids is 1. The number of hydrogen-bond donors (Lipinski definition) is 2. The third kappa shape index (κ3) is 5.21. The number of nitrogens with zero attached hydrogens (tertiary/aromatic N) is 1. The summed E-state index contributed by atoms with van der Waals surface area (Å²) in [7, 11) is 0. The molecule has 0 aliphatic carbocycles. The molecule has 0 aliphatic rings. The van der Waals surface area contributed by atoms with Gasteiger partial charge in [-0.2, -0.15) is 0 Å². The largest absolute Gasteiger partial charge is 0.481 e. The van der Waals surface area contributed by atoms with Gasteiger partial charge in [0.2, 0.25) is 5.91 Å². The van der Waals surface area contributed by atoms with Crippen molar-refractivity contribution >= 4 is 23.3 Å². The Balaban J connectivity index is 2.74. The number of carboxylic acid groups (broad SMARTS) is 1. The Bertz CT molecular complexity index is 556. The number of carboxylic acids is 1. The van der Waals surface area contributed by atoms with Crippen LogP contribution in [0.15, 0.2) is 18.2 Å². The van der Waals surface area contributed by atoms with Crippen LogP contribution in [-0.4, -0.2) is 21.9 Å². The second-order valence-electron chi connectivity index (χ2n) is 4.91. The molecule has 0 spiro atoms. The summed E-state index contributed by atoms with van der Waals surface area (Å²) >= 11 is 0. The first kappa shape index (κ1) is 16.6. The molecule has 1 rings (SSSR count). The van der Waals surface area contributed by atoms with Crippen LogP contribution in [0.2, 0.25) is 0 Å². The molecule has 7 heteroatoms. The van der Waals surface area contributed by atoms with Gasteiger partial charge in [0, 0.05) is 30.2 Å². The zero-order chi connectivity index (χ0) is 16.0. The van der Waals surface area contributed by atoms with Crippen molar-refractivity contribution < 1.29 is 19.6 Å². The van der Waals surface area contributed by atoms with Crippen LogP contribution in [0.3, 0.4) is 0 Å². The Morgan fingerprint density at radius 1 is 1.38 bits per heavy atom. The molecule has 0 bridgehead atoms. The van der Waals surface area contributed by atoms with E-state index in [0.717, 1.165) is 0 Å². The number of carbonyl (C=O) groups is 2. The molecule has 1 aromatic rings. The number of carbonyl (C=O) groups excluding carboxylic acids is 1. The average Bonchev–Trinajstić information content (AvgIpc) is 2.37. The summed E-state index contributed by atoms with van der Waals surface area (Å²) < 4.78 is 0. The Labute approximate surface area is 122 Å². The minimum absolute atomic E-state index is 0.0334. The van der Waals surface area contributed by atoms with Crippen molar-refractivity contribution in [1.29, 1.82) is 0 Å². The summed E-state index contributed by atoms with van der Waals surface area (Å²) in [6.07, 6.45) is 0.484. The highest BCUT2D eigenvalue weighted by molar-refractivity contribution is 5.91. The second-order valence-corrected chi connectivity index (χ2v) is 4.91. The van der Waals surface area contributed by atoms with E-state index in [1.807, 2.05) is 6.92 Å². The van der Waals surface area contributed by atoms with Gasteiger partial charge in [0.05, 0.1) is 4.92 Å². The Hall–Kier alpha value is -2.44. The van der Waals surface area contributed by atoms with Gasteiger partial charge >= 0.3 is 5.97 Å². The lowest BCUT2D eigenvalue weighted by atomic mass is 10.0. The van der Waals surface area contributed by atoms with E-state index >= 15 is 0 Å². The molecule has 0 saturated carbocycles. The standard InChI is InChI=1S/C14H18N2O5/c1-3-10-4-5-11(8-12(10)16(20)21)15-13(17)6-9(2)7-14(18)19/h4-5,8-9H,3,6-7H2,1-2H3,(H,15,17)(H,18,19). The van der Waals surface area contributed by atoms with Crippen molar-refractivity contribution in [3.05, 3.63) is 33.9 Å². The van der Waals surface area contributed by atoms with E-state index in [4.69, 9.17) is 5.11 Å². The lowest BCUT2D eigenvalue weighted by molar-refractivity contribution is -0.385. The van der Waals surface area contributed by atoms with Crippen LogP contribution in [-0.2, 0) is 16.0 Å². The molecule has 21 heavy (non-hydrogen) atoms. The van der Waals surface area contributed by atoms with Crippen LogP contribution in [0.1, 0.15) is 32.3 Å². The van der Waals surface area contributed by atoms with Crippen molar-refractivity contribution in [3.63, 3.8) is 0 Å². The molecule has 1 amide bonds. The lowest BCUT2D eigenvalue weighted by Crippen LogP contribution is -2.17. The van der Waals surface area contributed by atoms with E-state index in [-0.39, 0.29) is 30.4 Å². The molecule has 7 nitrogen and oxygen atoms in total. The molecule has 0 saturated heterocycles. The SMILES string of the molecule is CCc1ccc(NC(=O)CC(C)CC(=O)O)cc1[N+](=O)[O-]. The maximum atomic E-state index is 11.8. The van der Waals surface area contributed by atoms with Gasteiger partial charge < -0.3 is 10.4 Å². The van der Waals surface area contributed by atoms with E-state index in [1.165, 1.54) is 6.07 Å². The molecule has 0 radical (unpaired) electrons. The molecule has 1 atom stereocenters. The Kier molecular flexibility index (Phi) is 5.83. The highest BCUT2D eigenvalue weighted by Crippen LogP contribution is 2.24. The van der Waals surface area contributed by atoms with Gasteiger partial charge in [0.1, 0.15) is 0 Å². The van der Waals surface area contributed by atoms with Crippen LogP contribution < -0.4 is 5.32 Å². The fraction of sp³-hybridized carbons (Fsp3) is 0.429. The van der Waals surface area contributed by atoms with Crippen LogP contribution in [0.5, 0.6) is 0 Å². The van der Waals surface area contributed by atoms with Crippen LogP contribution in [0, 0.1) is 16.0 Å². The zero-order valence-corrected chi connectivity index (χ0v) is 12.0. The molecule has 1 aromatic carbocycles. The van der Waals surface area contributed by atoms with Crippen molar-refractivity contribution in [3.8, 4) is 0 Å². The fourth-order valence-corrected chi connectivity index (χ4v) is 2.01. The molecule has 114 valence electrons. The van der Waals surface area contributed by atoms with Crippen LogP contribution in [0.25, 0.3) is 0 Å². The number of anilines is 1. The lowest BCUT2D eigenvalue weighted by Gasteiger charge is -2.10. The minimum atomic E-state index is -0.960. The molecular formula is C14H18N2O5. The summed E-state index contributed by atoms with van der Waals surface area (Å²) in [5, 5.41) is 22.1. The van der Waals surface area contributed by atoms with Crippen molar-refractivity contribution in [2.75, 3.05) is 5.32 Å². The molecule has 0 heterocycles. The Morgan fingerprint density at radius 2 is 2.05 bits per heavy atom. The van der Waals surface area contributed by atoms with E-state index in [2.05, 4.69) is 5.32 Å². The minimum Gasteiger partial charge on any atom is -0.481 e. The first-order valence-electron chi connectivity index (χ1n) is 6.62. The molecule has 2 N–H and O–H groups in total. The number of nitro groups is 1. The van der Waals surface area contributed by atoms with E-state index < -0.39 is 10.9 Å². The van der Waals surface area contributed by atoms with Crippen molar-refractivity contribution in [2.24, 2.45) is 5.92 Å². The number of hydrogen-bond acceptors (Lipinski definition) is 4. The number of amides is 1. The quantitative estimate of drug-likeness (QED) is 0.593. The first-order chi connectivity index (χ1) is 9.83. The second kappa shape index (κ2) is 7.37. The molecule has 0 aromatic heterocycles. The third-order valence-electron chi connectivity index (χ3n) is 3.00. The summed E-state index contributed by atoms with van der Waals surface area (Å²) in [5.41, 5.74) is 0.901. The summed E-state index contributed by atoms with van der Waals surface area (Å²) in [6, 6.07) is 4.53. The van der Waals surface area contributed by atoms with Gasteiger partial charge in [-0.25, -0.2) is 0 Å². The summed E-state index contributed by atoms with van der Waals surface area (Å²) in [6.45, 7) is 3.48. The predicted molar refractivity (Wildman–Crippen MR) is 77.1 cm³/mol. The highest BCUT2D eigenvalue weighted by Gasteiger charge is 2.16. The third-order valence-corrected chi connectivity index (χ3v) is 3.00. The van der Waals surface area contributed by atoms with Crippen molar-refractivity contribution in [1.82, 2.24) is 0 Å². The summed E-state index contributed by atoms with van der Waals surface area (Å²) in [5.74, 6) is -1.62. The highest BCUT2D eigenvalue weighted by atomic mass is 16.6. The van der Waals surface area contributed by atoms with Crippen LogP contribution in [0.4, 0.5) is 11.4 Å². The fourth-order valence-electron chi connectivity index (χ4n) is 2.01. The maximum Gasteiger partial charge on any atom is 0.303 e. The molecular weight excluding hydrogens is 276 g/mol. The van der Waals surface area contributed by atoms with Gasteiger partial charge in [-0.3, -0.25) is 19.7 Å². The van der Waals surface area contributed by atoms with Gasteiger partial charge in [-0.1, -0.05) is 19.9 Å². The predicted octanol–water partition coefficient (Wildman–Crippen LogP) is 2.60. The van der Waals surface area contributed by atoms with Crippen molar-refractivity contribution in [2.45, 2.75) is 33.1 Å². The number of nitrogens with one attached hydrogen (secondary N) is 1. The average molecular weight is 294 g/mol. The number of benzene rings is 1. The van der Waals surface area contributed by atoms with Gasteiger partial charge in [0.15, 0.2) is 0 Å². The number of rotatable bonds is 7. The van der Waals surface area contributed by atoms with Gasteiger partial charge in [-0.05, 0) is 18.4 Å². The van der Waals surface area contributed by atoms with E-state index in [1.54, 1.807) is 19.1 Å².